The molecule has 0 saturated carbocycles. The Morgan fingerprint density at radius 2 is 2.07 bits per heavy atom. The molecule has 0 aliphatic carbocycles. The maximum atomic E-state index is 5.22. The number of methoxy groups -OCH3 is 1. The van der Waals surface area contributed by atoms with Crippen molar-refractivity contribution >= 4 is 28.2 Å². The summed E-state index contributed by atoms with van der Waals surface area (Å²) in [5, 5.41) is 2.33. The molecule has 1 aliphatic rings. The van der Waals surface area contributed by atoms with Crippen molar-refractivity contribution in [3.8, 4) is 11.1 Å². The third-order valence-electron chi connectivity index (χ3n) is 5.44. The number of aromatic nitrogens is 3. The van der Waals surface area contributed by atoms with Crippen molar-refractivity contribution in [1.29, 1.82) is 0 Å². The SMILES string of the molecule is COC1=CCC(C)(c2cnc3[nH]cc(-c4ccc5[nH]ccc5c4)c3c2)C=N1. The number of H-pyrrole nitrogens is 2. The van der Waals surface area contributed by atoms with Crippen LogP contribution in [0.4, 0.5) is 0 Å². The highest BCUT2D eigenvalue weighted by molar-refractivity contribution is 5.97. The zero-order valence-electron chi connectivity index (χ0n) is 15.3. The number of nitrogens with zero attached hydrogens (tertiary/aromatic N) is 2. The number of benzene rings is 1. The van der Waals surface area contributed by atoms with Crippen LogP contribution in [0.2, 0.25) is 0 Å². The van der Waals surface area contributed by atoms with E-state index < -0.39 is 0 Å². The quantitative estimate of drug-likeness (QED) is 0.546. The standard InChI is InChI=1S/C22H20N4O/c1-22(7-5-20(27-2)26-13-22)16-10-17-18(12-25-21(17)24-11-16)14-3-4-19-15(9-14)6-8-23-19/h3-6,8-13,23H,7H2,1-2H3,(H,24,25). The summed E-state index contributed by atoms with van der Waals surface area (Å²) in [6.45, 7) is 2.18. The van der Waals surface area contributed by atoms with Crippen molar-refractivity contribution in [1.82, 2.24) is 15.0 Å². The number of ether oxygens (including phenoxy) is 1. The monoisotopic (exact) mass is 356 g/mol. The predicted molar refractivity (Wildman–Crippen MR) is 109 cm³/mol. The van der Waals surface area contributed by atoms with Crippen LogP contribution in [0.15, 0.2) is 65.9 Å². The first-order valence-electron chi connectivity index (χ1n) is 9.01. The second-order valence-corrected chi connectivity index (χ2v) is 7.23. The Labute approximate surface area is 156 Å². The van der Waals surface area contributed by atoms with Gasteiger partial charge in [0.2, 0.25) is 5.88 Å². The van der Waals surface area contributed by atoms with Crippen LogP contribution in [0, 0.1) is 0 Å². The Hall–Kier alpha value is -3.34. The Morgan fingerprint density at radius 1 is 1.15 bits per heavy atom. The zero-order chi connectivity index (χ0) is 18.4. The van der Waals surface area contributed by atoms with E-state index in [4.69, 9.17) is 4.74 Å². The van der Waals surface area contributed by atoms with Crippen molar-refractivity contribution in [2.45, 2.75) is 18.8 Å². The number of rotatable bonds is 3. The molecule has 0 saturated heterocycles. The molecular formula is C22H20N4O. The lowest BCUT2D eigenvalue weighted by Crippen LogP contribution is -2.25. The maximum Gasteiger partial charge on any atom is 0.208 e. The summed E-state index contributed by atoms with van der Waals surface area (Å²) in [5.74, 6) is 0.670. The van der Waals surface area contributed by atoms with Gasteiger partial charge in [-0.05, 0) is 53.3 Å². The van der Waals surface area contributed by atoms with Crippen molar-refractivity contribution in [2.75, 3.05) is 7.11 Å². The molecule has 5 nitrogen and oxygen atoms in total. The van der Waals surface area contributed by atoms with Gasteiger partial charge in [0.25, 0.3) is 0 Å². The molecule has 1 aromatic carbocycles. The second kappa shape index (κ2) is 5.84. The highest BCUT2D eigenvalue weighted by Gasteiger charge is 2.27. The lowest BCUT2D eigenvalue weighted by atomic mass is 9.80. The summed E-state index contributed by atoms with van der Waals surface area (Å²) >= 11 is 0. The number of hydrogen-bond acceptors (Lipinski definition) is 3. The Balaban J connectivity index is 1.61. The van der Waals surface area contributed by atoms with Crippen LogP contribution in [-0.2, 0) is 10.2 Å². The molecule has 134 valence electrons. The molecule has 1 atom stereocenters. The molecule has 0 amide bonds. The molecule has 0 bridgehead atoms. The van der Waals surface area contributed by atoms with Gasteiger partial charge in [0.1, 0.15) is 5.65 Å². The normalized spacial score (nSPS) is 19.6. The molecule has 5 rings (SSSR count). The largest absolute Gasteiger partial charge is 0.481 e. The van der Waals surface area contributed by atoms with E-state index in [9.17, 15) is 0 Å². The summed E-state index contributed by atoms with van der Waals surface area (Å²) in [7, 11) is 1.65. The smallest absolute Gasteiger partial charge is 0.208 e. The molecule has 0 spiro atoms. The number of allylic oxidation sites excluding steroid dienone is 1. The third kappa shape index (κ3) is 2.54. The van der Waals surface area contributed by atoms with Crippen molar-refractivity contribution in [2.24, 2.45) is 4.99 Å². The van der Waals surface area contributed by atoms with E-state index in [0.717, 1.165) is 34.1 Å². The number of nitrogens with one attached hydrogen (secondary N) is 2. The summed E-state index contributed by atoms with van der Waals surface area (Å²) in [6.07, 6.45) is 10.8. The average molecular weight is 356 g/mol. The summed E-state index contributed by atoms with van der Waals surface area (Å²) in [4.78, 5) is 15.6. The highest BCUT2D eigenvalue weighted by atomic mass is 16.5. The number of fused-ring (bicyclic) bond motifs is 2. The van der Waals surface area contributed by atoms with Gasteiger partial charge >= 0.3 is 0 Å². The molecule has 2 N–H and O–H groups in total. The minimum atomic E-state index is -0.192. The predicted octanol–water partition coefficient (Wildman–Crippen LogP) is 4.93. The molecule has 5 heteroatoms. The van der Waals surface area contributed by atoms with Crippen LogP contribution < -0.4 is 0 Å². The molecule has 0 radical (unpaired) electrons. The lowest BCUT2D eigenvalue weighted by molar-refractivity contribution is 0.283. The van der Waals surface area contributed by atoms with E-state index >= 15 is 0 Å². The fourth-order valence-corrected chi connectivity index (χ4v) is 3.71. The topological polar surface area (TPSA) is 66.1 Å². The van der Waals surface area contributed by atoms with Gasteiger partial charge in [0.05, 0.1) is 7.11 Å². The summed E-state index contributed by atoms with van der Waals surface area (Å²) in [6, 6.07) is 10.8. The Kier molecular flexibility index (Phi) is 3.44. The molecule has 1 unspecified atom stereocenters. The van der Waals surface area contributed by atoms with Crippen molar-refractivity contribution in [3.63, 3.8) is 0 Å². The van der Waals surface area contributed by atoms with Gasteiger partial charge in [-0.1, -0.05) is 13.0 Å². The van der Waals surface area contributed by atoms with E-state index in [0.29, 0.717) is 5.88 Å². The van der Waals surface area contributed by atoms with Crippen LogP contribution >= 0.6 is 0 Å². The van der Waals surface area contributed by atoms with Gasteiger partial charge in [-0.3, -0.25) is 0 Å². The molecule has 27 heavy (non-hydrogen) atoms. The Morgan fingerprint density at radius 3 is 2.89 bits per heavy atom. The van der Waals surface area contributed by atoms with Gasteiger partial charge in [0, 0.05) is 46.7 Å². The molecule has 1 aliphatic heterocycles. The molecule has 0 fully saturated rings. The average Bonchev–Trinajstić information content (AvgIpc) is 3.34. The number of aliphatic imine (C=N–C) groups is 1. The Bertz CT molecular complexity index is 1210. The number of pyridine rings is 1. The first kappa shape index (κ1) is 15.9. The van der Waals surface area contributed by atoms with E-state index in [1.807, 2.05) is 30.9 Å². The number of hydrogen-bond donors (Lipinski definition) is 2. The minimum Gasteiger partial charge on any atom is -0.481 e. The lowest BCUT2D eigenvalue weighted by Gasteiger charge is -2.26. The fraction of sp³-hybridized carbons (Fsp3) is 0.182. The molecule has 4 heterocycles. The highest BCUT2D eigenvalue weighted by Crippen LogP contribution is 2.35. The third-order valence-corrected chi connectivity index (χ3v) is 5.44. The van der Waals surface area contributed by atoms with E-state index in [-0.39, 0.29) is 5.41 Å². The first-order chi connectivity index (χ1) is 13.2. The van der Waals surface area contributed by atoms with Crippen LogP contribution in [0.1, 0.15) is 18.9 Å². The van der Waals surface area contributed by atoms with Crippen molar-refractivity contribution < 1.29 is 4.74 Å². The summed E-state index contributed by atoms with van der Waals surface area (Å²) < 4.78 is 5.22. The zero-order valence-corrected chi connectivity index (χ0v) is 15.3. The van der Waals surface area contributed by atoms with Crippen LogP contribution in [0.3, 0.4) is 0 Å². The molecule has 4 aromatic rings. The summed E-state index contributed by atoms with van der Waals surface area (Å²) in [5.41, 5.74) is 5.33. The number of aromatic amines is 2. The minimum absolute atomic E-state index is 0.192. The van der Waals surface area contributed by atoms with Crippen LogP contribution in [0.25, 0.3) is 33.1 Å². The van der Waals surface area contributed by atoms with Crippen LogP contribution in [-0.4, -0.2) is 28.3 Å². The second-order valence-electron chi connectivity index (χ2n) is 7.23. The first-order valence-corrected chi connectivity index (χ1v) is 9.01. The molecule has 3 aromatic heterocycles. The van der Waals surface area contributed by atoms with Gasteiger partial charge in [-0.25, -0.2) is 9.98 Å². The van der Waals surface area contributed by atoms with Gasteiger partial charge in [-0.2, -0.15) is 0 Å². The van der Waals surface area contributed by atoms with Gasteiger partial charge in [0.15, 0.2) is 0 Å². The maximum absolute atomic E-state index is 5.22. The van der Waals surface area contributed by atoms with E-state index in [1.165, 1.54) is 10.9 Å². The van der Waals surface area contributed by atoms with Gasteiger partial charge < -0.3 is 14.7 Å². The van der Waals surface area contributed by atoms with Gasteiger partial charge in [-0.15, -0.1) is 0 Å². The van der Waals surface area contributed by atoms with Crippen LogP contribution in [0.5, 0.6) is 0 Å². The fourth-order valence-electron chi connectivity index (χ4n) is 3.71. The molecular weight excluding hydrogens is 336 g/mol. The van der Waals surface area contributed by atoms with E-state index in [2.05, 4.69) is 57.2 Å². The van der Waals surface area contributed by atoms with Crippen molar-refractivity contribution in [3.05, 3.63) is 66.4 Å². The van der Waals surface area contributed by atoms with E-state index in [1.54, 1.807) is 7.11 Å².